The SMILES string of the molecule is Cc1ncc(CN=[N+]=[N-])cn1. The Morgan fingerprint density at radius 1 is 1.55 bits per heavy atom. The molecule has 0 N–H and O–H groups in total. The van der Waals surface area contributed by atoms with Crippen LogP contribution < -0.4 is 0 Å². The van der Waals surface area contributed by atoms with Gasteiger partial charge in [0.2, 0.25) is 0 Å². The molecule has 0 aliphatic rings. The molecule has 5 nitrogen and oxygen atoms in total. The molecule has 1 rings (SSSR count). The molecule has 0 bridgehead atoms. The molecular weight excluding hydrogens is 142 g/mol. The van der Waals surface area contributed by atoms with Crippen molar-refractivity contribution < 1.29 is 0 Å². The van der Waals surface area contributed by atoms with Crippen LogP contribution in [0.1, 0.15) is 11.4 Å². The van der Waals surface area contributed by atoms with E-state index in [0.29, 0.717) is 6.54 Å². The van der Waals surface area contributed by atoms with Gasteiger partial charge in [0.1, 0.15) is 5.82 Å². The molecule has 56 valence electrons. The average Bonchev–Trinajstić information content (AvgIpc) is 2.04. The Bertz CT molecular complexity index is 272. The highest BCUT2D eigenvalue weighted by Crippen LogP contribution is 1.96. The molecule has 11 heavy (non-hydrogen) atoms. The maximum absolute atomic E-state index is 8.00. The van der Waals surface area contributed by atoms with Crippen LogP contribution >= 0.6 is 0 Å². The number of azide groups is 1. The monoisotopic (exact) mass is 149 g/mol. The van der Waals surface area contributed by atoms with Crippen LogP contribution in [0.5, 0.6) is 0 Å². The van der Waals surface area contributed by atoms with Gasteiger partial charge in [-0.2, -0.15) is 0 Å². The second-order valence-corrected chi connectivity index (χ2v) is 2.03. The predicted octanol–water partition coefficient (Wildman–Crippen LogP) is 1.60. The van der Waals surface area contributed by atoms with Crippen molar-refractivity contribution in [2.45, 2.75) is 13.5 Å². The summed E-state index contributed by atoms with van der Waals surface area (Å²) in [6.07, 6.45) is 3.30. The van der Waals surface area contributed by atoms with Crippen molar-refractivity contribution in [2.75, 3.05) is 0 Å². The summed E-state index contributed by atoms with van der Waals surface area (Å²) < 4.78 is 0. The number of aromatic nitrogens is 2. The lowest BCUT2D eigenvalue weighted by Crippen LogP contribution is -1.89. The molecule has 0 atom stereocenters. The van der Waals surface area contributed by atoms with Gasteiger partial charge in [0.15, 0.2) is 0 Å². The van der Waals surface area contributed by atoms with Gasteiger partial charge >= 0.3 is 0 Å². The number of nitrogens with zero attached hydrogens (tertiary/aromatic N) is 5. The van der Waals surface area contributed by atoms with Gasteiger partial charge in [0, 0.05) is 17.3 Å². The summed E-state index contributed by atoms with van der Waals surface area (Å²) in [5.74, 6) is 0.717. The van der Waals surface area contributed by atoms with Crippen molar-refractivity contribution in [1.29, 1.82) is 0 Å². The van der Waals surface area contributed by atoms with Gasteiger partial charge in [-0.15, -0.1) is 0 Å². The van der Waals surface area contributed by atoms with E-state index >= 15 is 0 Å². The molecule has 0 radical (unpaired) electrons. The number of aryl methyl sites for hydroxylation is 1. The van der Waals surface area contributed by atoms with Crippen LogP contribution in [0, 0.1) is 6.92 Å². The van der Waals surface area contributed by atoms with E-state index in [9.17, 15) is 0 Å². The fourth-order valence-electron chi connectivity index (χ4n) is 0.614. The number of rotatable bonds is 2. The van der Waals surface area contributed by atoms with Crippen LogP contribution in [0.15, 0.2) is 17.5 Å². The van der Waals surface area contributed by atoms with Crippen LogP contribution in [-0.2, 0) is 6.54 Å². The summed E-state index contributed by atoms with van der Waals surface area (Å²) in [4.78, 5) is 10.5. The van der Waals surface area contributed by atoms with Gasteiger partial charge in [0.25, 0.3) is 0 Å². The second kappa shape index (κ2) is 3.53. The molecule has 0 aliphatic heterocycles. The molecule has 0 unspecified atom stereocenters. The van der Waals surface area contributed by atoms with Crippen molar-refractivity contribution in [3.8, 4) is 0 Å². The smallest absolute Gasteiger partial charge is 0.125 e. The summed E-state index contributed by atoms with van der Waals surface area (Å²) in [5.41, 5.74) is 8.83. The van der Waals surface area contributed by atoms with Crippen LogP contribution in [0.2, 0.25) is 0 Å². The van der Waals surface area contributed by atoms with Crippen molar-refractivity contribution in [1.82, 2.24) is 9.97 Å². The minimum absolute atomic E-state index is 0.316. The third-order valence-corrected chi connectivity index (χ3v) is 1.15. The largest absolute Gasteiger partial charge is 0.241 e. The molecule has 0 aliphatic carbocycles. The van der Waals surface area contributed by atoms with E-state index in [4.69, 9.17) is 5.53 Å². The van der Waals surface area contributed by atoms with Gasteiger partial charge in [-0.25, -0.2) is 9.97 Å². The van der Waals surface area contributed by atoms with Crippen LogP contribution in [0.3, 0.4) is 0 Å². The highest BCUT2D eigenvalue weighted by Gasteiger charge is 1.90. The van der Waals surface area contributed by atoms with Gasteiger partial charge < -0.3 is 0 Å². The fourth-order valence-corrected chi connectivity index (χ4v) is 0.614. The molecule has 0 aromatic carbocycles. The predicted molar refractivity (Wildman–Crippen MR) is 39.6 cm³/mol. The minimum Gasteiger partial charge on any atom is -0.241 e. The summed E-state index contributed by atoms with van der Waals surface area (Å²) in [6, 6.07) is 0. The van der Waals surface area contributed by atoms with Gasteiger partial charge in [-0.3, -0.25) is 0 Å². The number of hydrogen-bond donors (Lipinski definition) is 0. The van der Waals surface area contributed by atoms with Gasteiger partial charge in [0.05, 0.1) is 6.54 Å². The van der Waals surface area contributed by atoms with E-state index in [1.54, 1.807) is 19.3 Å². The Hall–Kier alpha value is -1.61. The molecule has 1 aromatic heterocycles. The Labute approximate surface area is 63.7 Å². The Balaban J connectivity index is 2.73. The first-order chi connectivity index (χ1) is 5.33. The lowest BCUT2D eigenvalue weighted by atomic mass is 10.3. The quantitative estimate of drug-likeness (QED) is 0.363. The zero-order chi connectivity index (χ0) is 8.10. The Kier molecular flexibility index (Phi) is 2.41. The highest BCUT2D eigenvalue weighted by atomic mass is 15.1. The second-order valence-electron chi connectivity index (χ2n) is 2.03. The third kappa shape index (κ3) is 2.23. The maximum Gasteiger partial charge on any atom is 0.125 e. The van der Waals surface area contributed by atoms with Gasteiger partial charge in [-0.1, -0.05) is 5.11 Å². The molecule has 1 heterocycles. The van der Waals surface area contributed by atoms with Crippen LogP contribution in [0.25, 0.3) is 10.4 Å². The topological polar surface area (TPSA) is 74.5 Å². The van der Waals surface area contributed by atoms with Gasteiger partial charge in [-0.05, 0) is 18.0 Å². The first-order valence-corrected chi connectivity index (χ1v) is 3.11. The highest BCUT2D eigenvalue weighted by molar-refractivity contribution is 5.04. The molecule has 1 aromatic rings. The van der Waals surface area contributed by atoms with Crippen molar-refractivity contribution in [2.24, 2.45) is 5.11 Å². The van der Waals surface area contributed by atoms with E-state index in [-0.39, 0.29) is 0 Å². The molecule has 0 spiro atoms. The summed E-state index contributed by atoms with van der Waals surface area (Å²) in [7, 11) is 0. The van der Waals surface area contributed by atoms with Crippen LogP contribution in [0.4, 0.5) is 0 Å². The Morgan fingerprint density at radius 2 is 2.18 bits per heavy atom. The van der Waals surface area contributed by atoms with E-state index in [1.807, 2.05) is 0 Å². The standard InChI is InChI=1S/C6H7N5/c1-5-8-2-6(3-9-5)4-10-11-7/h2-3H,4H2,1H3. The molecular formula is C6H7N5. The minimum atomic E-state index is 0.316. The average molecular weight is 149 g/mol. The first-order valence-electron chi connectivity index (χ1n) is 3.11. The normalized spacial score (nSPS) is 8.82. The van der Waals surface area contributed by atoms with Crippen molar-refractivity contribution >= 4 is 0 Å². The number of hydrogen-bond acceptors (Lipinski definition) is 3. The summed E-state index contributed by atoms with van der Waals surface area (Å²) in [6.45, 7) is 2.12. The molecule has 5 heteroatoms. The van der Waals surface area contributed by atoms with E-state index < -0.39 is 0 Å². The third-order valence-electron chi connectivity index (χ3n) is 1.15. The first kappa shape index (κ1) is 7.50. The van der Waals surface area contributed by atoms with Crippen molar-refractivity contribution in [3.63, 3.8) is 0 Å². The lowest BCUT2D eigenvalue weighted by molar-refractivity contribution is 0.961. The lowest BCUT2D eigenvalue weighted by Gasteiger charge is -1.93. The van der Waals surface area contributed by atoms with E-state index in [1.165, 1.54) is 0 Å². The zero-order valence-electron chi connectivity index (χ0n) is 6.10. The molecule has 0 fully saturated rings. The van der Waals surface area contributed by atoms with Crippen LogP contribution in [-0.4, -0.2) is 9.97 Å². The maximum atomic E-state index is 8.00. The molecule has 0 amide bonds. The zero-order valence-corrected chi connectivity index (χ0v) is 6.10. The fraction of sp³-hybridized carbons (Fsp3) is 0.333. The molecule has 0 saturated heterocycles. The van der Waals surface area contributed by atoms with E-state index in [0.717, 1.165) is 11.4 Å². The Morgan fingerprint density at radius 3 is 2.73 bits per heavy atom. The summed E-state index contributed by atoms with van der Waals surface area (Å²) in [5, 5.41) is 3.37. The molecule has 0 saturated carbocycles. The van der Waals surface area contributed by atoms with E-state index in [2.05, 4.69) is 20.0 Å². The summed E-state index contributed by atoms with van der Waals surface area (Å²) >= 11 is 0. The van der Waals surface area contributed by atoms with Crippen molar-refractivity contribution in [3.05, 3.63) is 34.2 Å².